The monoisotopic (exact) mass is 276 g/mol. The molecule has 4 nitrogen and oxygen atoms in total. The fraction of sp³-hybridized carbons (Fsp3) is 0.625. The van der Waals surface area contributed by atoms with Crippen LogP contribution in [0, 0.1) is 5.92 Å². The predicted octanol–water partition coefficient (Wildman–Crippen LogP) is 1.81. The third-order valence-corrected chi connectivity index (χ3v) is 4.42. The maximum atomic E-state index is 5.90. The summed E-state index contributed by atoms with van der Waals surface area (Å²) in [5.41, 5.74) is 7.15. The van der Waals surface area contributed by atoms with Crippen LogP contribution >= 0.6 is 0 Å². The molecule has 110 valence electrons. The fourth-order valence-electron chi connectivity index (χ4n) is 3.23. The van der Waals surface area contributed by atoms with Gasteiger partial charge < -0.3 is 15.2 Å². The Morgan fingerprint density at radius 3 is 2.75 bits per heavy atom. The molecule has 0 aliphatic carbocycles. The molecule has 2 aliphatic heterocycles. The van der Waals surface area contributed by atoms with Gasteiger partial charge in [0.15, 0.2) is 0 Å². The highest BCUT2D eigenvalue weighted by Crippen LogP contribution is 2.34. The topological polar surface area (TPSA) is 47.7 Å². The zero-order chi connectivity index (χ0) is 13.9. The van der Waals surface area contributed by atoms with Gasteiger partial charge in [0.2, 0.25) is 0 Å². The van der Waals surface area contributed by atoms with Gasteiger partial charge in [-0.3, -0.25) is 4.90 Å². The number of ether oxygens (including phenoxy) is 2. The van der Waals surface area contributed by atoms with E-state index in [1.807, 2.05) is 0 Å². The Morgan fingerprint density at radius 2 is 2.15 bits per heavy atom. The maximum absolute atomic E-state index is 5.90. The number of rotatable bonds is 4. The van der Waals surface area contributed by atoms with E-state index >= 15 is 0 Å². The summed E-state index contributed by atoms with van der Waals surface area (Å²) in [4.78, 5) is 2.40. The lowest BCUT2D eigenvalue weighted by Crippen LogP contribution is -2.20. The fourth-order valence-corrected chi connectivity index (χ4v) is 3.23. The lowest BCUT2D eigenvalue weighted by molar-refractivity contribution is 0.141. The first-order valence-corrected chi connectivity index (χ1v) is 7.51. The zero-order valence-corrected chi connectivity index (χ0v) is 12.1. The largest absolute Gasteiger partial charge is 0.488 e. The van der Waals surface area contributed by atoms with Gasteiger partial charge >= 0.3 is 0 Å². The molecule has 0 radical (unpaired) electrons. The average Bonchev–Trinajstić information content (AvgIpc) is 3.09. The van der Waals surface area contributed by atoms with Crippen molar-refractivity contribution in [1.29, 1.82) is 0 Å². The van der Waals surface area contributed by atoms with Crippen LogP contribution in [-0.4, -0.2) is 44.4 Å². The minimum Gasteiger partial charge on any atom is -0.488 e. The molecule has 1 aromatic rings. The smallest absolute Gasteiger partial charge is 0.124 e. The predicted molar refractivity (Wildman–Crippen MR) is 78.8 cm³/mol. The standard InChI is InChI=1S/C16H24N2O2/c1-18-10-12(9-17)8-16(18)13-2-4-14(5-3-13)20-15-6-7-19-11-15/h2-5,12,15-16H,6-11,17H2,1H3. The van der Waals surface area contributed by atoms with Crippen molar-refractivity contribution < 1.29 is 9.47 Å². The number of nitrogens with zero attached hydrogens (tertiary/aromatic N) is 1. The van der Waals surface area contributed by atoms with E-state index in [1.165, 1.54) is 5.56 Å². The second-order valence-corrected chi connectivity index (χ2v) is 5.97. The summed E-state index contributed by atoms with van der Waals surface area (Å²) in [6.07, 6.45) is 2.37. The van der Waals surface area contributed by atoms with E-state index < -0.39 is 0 Å². The van der Waals surface area contributed by atoms with Gasteiger partial charge in [0.1, 0.15) is 11.9 Å². The van der Waals surface area contributed by atoms with Gasteiger partial charge in [-0.25, -0.2) is 0 Å². The highest BCUT2D eigenvalue weighted by atomic mass is 16.5. The first kappa shape index (κ1) is 13.9. The second kappa shape index (κ2) is 6.12. The van der Waals surface area contributed by atoms with Crippen molar-refractivity contribution in [3.8, 4) is 5.75 Å². The van der Waals surface area contributed by atoms with Gasteiger partial charge in [0.05, 0.1) is 13.2 Å². The Kier molecular flexibility index (Phi) is 4.24. The molecule has 2 heterocycles. The second-order valence-electron chi connectivity index (χ2n) is 5.97. The molecule has 3 unspecified atom stereocenters. The summed E-state index contributed by atoms with van der Waals surface area (Å²) in [6.45, 7) is 3.41. The molecule has 1 aromatic carbocycles. The lowest BCUT2D eigenvalue weighted by atomic mass is 10.00. The molecule has 2 saturated heterocycles. The van der Waals surface area contributed by atoms with E-state index in [4.69, 9.17) is 15.2 Å². The first-order chi connectivity index (χ1) is 9.76. The molecule has 0 saturated carbocycles. The van der Waals surface area contributed by atoms with Crippen LogP contribution in [0.15, 0.2) is 24.3 Å². The minimum absolute atomic E-state index is 0.219. The average molecular weight is 276 g/mol. The van der Waals surface area contributed by atoms with Crippen LogP contribution in [0.3, 0.4) is 0 Å². The molecule has 3 rings (SSSR count). The van der Waals surface area contributed by atoms with Crippen molar-refractivity contribution in [3.63, 3.8) is 0 Å². The molecule has 0 bridgehead atoms. The van der Waals surface area contributed by atoms with Crippen LogP contribution in [0.2, 0.25) is 0 Å². The van der Waals surface area contributed by atoms with Gasteiger partial charge in [0, 0.05) is 19.0 Å². The van der Waals surface area contributed by atoms with Gasteiger partial charge in [-0.15, -0.1) is 0 Å². The van der Waals surface area contributed by atoms with Crippen molar-refractivity contribution in [2.75, 3.05) is 33.4 Å². The number of nitrogens with two attached hydrogens (primary N) is 1. The summed E-state index contributed by atoms with van der Waals surface area (Å²) in [5, 5.41) is 0. The van der Waals surface area contributed by atoms with Crippen LogP contribution in [-0.2, 0) is 4.74 Å². The van der Waals surface area contributed by atoms with Gasteiger partial charge in [0.25, 0.3) is 0 Å². The Bertz CT molecular complexity index is 429. The van der Waals surface area contributed by atoms with Crippen molar-refractivity contribution in [2.45, 2.75) is 25.0 Å². The molecule has 0 spiro atoms. The molecular weight excluding hydrogens is 252 g/mol. The summed E-state index contributed by atoms with van der Waals surface area (Å²) in [7, 11) is 2.18. The maximum Gasteiger partial charge on any atom is 0.124 e. The highest BCUT2D eigenvalue weighted by Gasteiger charge is 2.29. The van der Waals surface area contributed by atoms with Crippen LogP contribution < -0.4 is 10.5 Å². The molecular formula is C16H24N2O2. The molecule has 2 N–H and O–H groups in total. The van der Waals surface area contributed by atoms with Crippen molar-refractivity contribution in [2.24, 2.45) is 11.7 Å². The van der Waals surface area contributed by atoms with Crippen LogP contribution in [0.4, 0.5) is 0 Å². The van der Waals surface area contributed by atoms with E-state index in [9.17, 15) is 0 Å². The number of likely N-dealkylation sites (tertiary alicyclic amines) is 1. The Hall–Kier alpha value is -1.10. The van der Waals surface area contributed by atoms with E-state index in [0.29, 0.717) is 18.6 Å². The van der Waals surface area contributed by atoms with Gasteiger partial charge in [-0.2, -0.15) is 0 Å². The van der Waals surface area contributed by atoms with E-state index in [-0.39, 0.29) is 6.10 Å². The molecule has 0 aromatic heterocycles. The van der Waals surface area contributed by atoms with E-state index in [2.05, 4.69) is 36.2 Å². The zero-order valence-electron chi connectivity index (χ0n) is 12.1. The number of hydrogen-bond acceptors (Lipinski definition) is 4. The van der Waals surface area contributed by atoms with Crippen LogP contribution in [0.5, 0.6) is 5.75 Å². The van der Waals surface area contributed by atoms with Crippen LogP contribution in [0.1, 0.15) is 24.4 Å². The Morgan fingerprint density at radius 1 is 1.35 bits per heavy atom. The van der Waals surface area contributed by atoms with Crippen molar-refractivity contribution >= 4 is 0 Å². The van der Waals surface area contributed by atoms with E-state index in [1.54, 1.807) is 0 Å². The van der Waals surface area contributed by atoms with Crippen LogP contribution in [0.25, 0.3) is 0 Å². The van der Waals surface area contributed by atoms with Crippen molar-refractivity contribution in [3.05, 3.63) is 29.8 Å². The summed E-state index contributed by atoms with van der Waals surface area (Å²) < 4.78 is 11.2. The molecule has 3 atom stereocenters. The van der Waals surface area contributed by atoms with Gasteiger partial charge in [-0.05, 0) is 43.6 Å². The highest BCUT2D eigenvalue weighted by molar-refractivity contribution is 5.30. The summed E-state index contributed by atoms with van der Waals surface area (Å²) in [6, 6.07) is 9.03. The normalized spacial score (nSPS) is 30.8. The summed E-state index contributed by atoms with van der Waals surface area (Å²) >= 11 is 0. The third-order valence-electron chi connectivity index (χ3n) is 4.42. The number of hydrogen-bond donors (Lipinski definition) is 1. The lowest BCUT2D eigenvalue weighted by Gasteiger charge is -2.20. The quantitative estimate of drug-likeness (QED) is 0.911. The van der Waals surface area contributed by atoms with Crippen molar-refractivity contribution in [1.82, 2.24) is 4.90 Å². The Labute approximate surface area is 120 Å². The molecule has 2 fully saturated rings. The molecule has 20 heavy (non-hydrogen) atoms. The van der Waals surface area contributed by atoms with E-state index in [0.717, 1.165) is 38.3 Å². The third kappa shape index (κ3) is 2.97. The minimum atomic E-state index is 0.219. The number of benzene rings is 1. The molecule has 0 amide bonds. The Balaban J connectivity index is 1.63. The summed E-state index contributed by atoms with van der Waals surface area (Å²) in [5.74, 6) is 1.57. The SMILES string of the molecule is CN1CC(CN)CC1c1ccc(OC2CCOC2)cc1. The first-order valence-electron chi connectivity index (χ1n) is 7.51. The molecule has 2 aliphatic rings. The molecule has 4 heteroatoms. The van der Waals surface area contributed by atoms with Gasteiger partial charge in [-0.1, -0.05) is 12.1 Å².